The van der Waals surface area contributed by atoms with Gasteiger partial charge in [-0.25, -0.2) is 9.79 Å². The molecule has 0 unspecified atom stereocenters. The molecule has 0 saturated heterocycles. The molecule has 0 fully saturated rings. The summed E-state index contributed by atoms with van der Waals surface area (Å²) >= 11 is 3.62. The van der Waals surface area contributed by atoms with Gasteiger partial charge in [-0.1, -0.05) is 58.4 Å². The van der Waals surface area contributed by atoms with Crippen LogP contribution < -0.4 is 5.73 Å². The number of nitrogens with one attached hydrogen (secondary N) is 1. The fourth-order valence-corrected chi connectivity index (χ4v) is 4.73. The van der Waals surface area contributed by atoms with Crippen molar-refractivity contribution in [3.8, 4) is 5.88 Å². The molecule has 3 aromatic carbocycles. The number of halogens is 1. The van der Waals surface area contributed by atoms with E-state index < -0.39 is 11.5 Å². The maximum Gasteiger partial charge on any atom is 0.338 e. The summed E-state index contributed by atoms with van der Waals surface area (Å²) in [7, 11) is 0. The maximum absolute atomic E-state index is 12.2. The average molecular weight is 520 g/mol. The number of carbonyl (C=O) groups excluding carboxylic acids is 1. The van der Waals surface area contributed by atoms with Crippen LogP contribution in [0.15, 0.2) is 76.2 Å². The van der Waals surface area contributed by atoms with Crippen molar-refractivity contribution in [3.63, 3.8) is 0 Å². The molecule has 0 bridgehead atoms. The van der Waals surface area contributed by atoms with E-state index in [1.165, 1.54) is 0 Å². The van der Waals surface area contributed by atoms with Crippen molar-refractivity contribution in [1.29, 1.82) is 0 Å². The van der Waals surface area contributed by atoms with E-state index >= 15 is 0 Å². The predicted octanol–water partition coefficient (Wildman–Crippen LogP) is 6.18. The number of benzene rings is 3. The first-order valence-corrected chi connectivity index (χ1v) is 11.7. The largest absolute Gasteiger partial charge is 0.494 e. The molecular formula is C27H26BrN3O3. The van der Waals surface area contributed by atoms with E-state index in [1.807, 2.05) is 62.4 Å². The highest BCUT2D eigenvalue weighted by atomic mass is 79.9. The van der Waals surface area contributed by atoms with Crippen LogP contribution in [0, 0.1) is 0 Å². The van der Waals surface area contributed by atoms with Gasteiger partial charge in [0.2, 0.25) is 0 Å². The van der Waals surface area contributed by atoms with Gasteiger partial charge in [0.05, 0.1) is 29.1 Å². The molecule has 0 aliphatic heterocycles. The summed E-state index contributed by atoms with van der Waals surface area (Å²) in [5, 5.41) is 11.6. The number of hydrogen-bond acceptors (Lipinski definition) is 5. The van der Waals surface area contributed by atoms with Gasteiger partial charge >= 0.3 is 5.97 Å². The minimum absolute atomic E-state index is 0.0302. The molecular weight excluding hydrogens is 494 g/mol. The molecule has 174 valence electrons. The van der Waals surface area contributed by atoms with E-state index in [4.69, 9.17) is 15.5 Å². The molecule has 1 aromatic heterocycles. The summed E-state index contributed by atoms with van der Waals surface area (Å²) in [4.78, 5) is 20.1. The Balaban J connectivity index is 1.89. The first-order chi connectivity index (χ1) is 16.2. The summed E-state index contributed by atoms with van der Waals surface area (Å²) in [5.41, 5.74) is 10.5. The van der Waals surface area contributed by atoms with Crippen molar-refractivity contribution in [2.24, 2.45) is 10.7 Å². The van der Waals surface area contributed by atoms with Gasteiger partial charge in [0.25, 0.3) is 0 Å². The standard InChI is InChI=1S/C27H26BrN3O3/c1-4-34-26(33)17-10-12-19-22(14-17)31-25(32)23(19)24(16-8-6-5-7-9-16)30-18-11-13-20(21(28)15-18)27(2,3)29/h5-15,31-32H,4,29H2,1-3H3. The number of rotatable bonds is 6. The molecule has 4 N–H and O–H groups in total. The Kier molecular flexibility index (Phi) is 6.59. The van der Waals surface area contributed by atoms with E-state index in [0.29, 0.717) is 34.6 Å². The zero-order valence-corrected chi connectivity index (χ0v) is 20.8. The van der Waals surface area contributed by atoms with Gasteiger partial charge in [0.1, 0.15) is 0 Å². The Morgan fingerprint density at radius 1 is 1.09 bits per heavy atom. The van der Waals surface area contributed by atoms with Crippen molar-refractivity contribution in [1.82, 2.24) is 4.98 Å². The molecule has 0 spiro atoms. The first kappa shape index (κ1) is 23.7. The number of fused-ring (bicyclic) bond motifs is 1. The number of H-pyrrole nitrogens is 1. The van der Waals surface area contributed by atoms with Crippen LogP contribution >= 0.6 is 15.9 Å². The molecule has 4 rings (SSSR count). The topological polar surface area (TPSA) is 101 Å². The summed E-state index contributed by atoms with van der Waals surface area (Å²) in [6, 6.07) is 20.6. The number of esters is 1. The minimum atomic E-state index is -0.505. The number of aromatic nitrogens is 1. The highest BCUT2D eigenvalue weighted by Crippen LogP contribution is 2.34. The zero-order valence-electron chi connectivity index (χ0n) is 19.2. The number of ether oxygens (including phenoxy) is 1. The smallest absolute Gasteiger partial charge is 0.338 e. The normalized spacial score (nSPS) is 12.2. The minimum Gasteiger partial charge on any atom is -0.494 e. The molecule has 7 heteroatoms. The lowest BCUT2D eigenvalue weighted by atomic mass is 9.95. The number of hydrogen-bond donors (Lipinski definition) is 3. The quantitative estimate of drug-likeness (QED) is 0.209. The number of aliphatic imine (C=N–C) groups is 1. The van der Waals surface area contributed by atoms with Crippen molar-refractivity contribution in [2.75, 3.05) is 6.61 Å². The second-order valence-electron chi connectivity index (χ2n) is 8.54. The number of aromatic amines is 1. The second kappa shape index (κ2) is 9.44. The highest BCUT2D eigenvalue weighted by Gasteiger charge is 2.21. The van der Waals surface area contributed by atoms with Gasteiger partial charge in [-0.2, -0.15) is 0 Å². The third-order valence-electron chi connectivity index (χ3n) is 5.46. The zero-order chi connectivity index (χ0) is 24.5. The predicted molar refractivity (Wildman–Crippen MR) is 139 cm³/mol. The monoisotopic (exact) mass is 519 g/mol. The molecule has 0 atom stereocenters. The van der Waals surface area contributed by atoms with Gasteiger partial charge < -0.3 is 20.6 Å². The average Bonchev–Trinajstić information content (AvgIpc) is 3.12. The number of nitrogens with two attached hydrogens (primary N) is 1. The summed E-state index contributed by atoms with van der Waals surface area (Å²) in [5.74, 6) is -0.442. The molecule has 0 radical (unpaired) electrons. The van der Waals surface area contributed by atoms with Crippen LogP contribution in [-0.4, -0.2) is 28.4 Å². The van der Waals surface area contributed by atoms with Gasteiger partial charge in [0.15, 0.2) is 5.88 Å². The molecule has 0 aliphatic carbocycles. The van der Waals surface area contributed by atoms with Gasteiger partial charge in [0, 0.05) is 26.5 Å². The summed E-state index contributed by atoms with van der Waals surface area (Å²) < 4.78 is 5.96. The Labute approximate surface area is 206 Å². The van der Waals surface area contributed by atoms with Gasteiger partial charge in [-0.15, -0.1) is 0 Å². The fraction of sp³-hybridized carbons (Fsp3) is 0.185. The van der Waals surface area contributed by atoms with Crippen LogP contribution in [-0.2, 0) is 10.3 Å². The Bertz CT molecular complexity index is 1390. The molecule has 0 saturated carbocycles. The molecule has 1 heterocycles. The maximum atomic E-state index is 12.2. The lowest BCUT2D eigenvalue weighted by molar-refractivity contribution is 0.0526. The highest BCUT2D eigenvalue weighted by molar-refractivity contribution is 9.10. The Morgan fingerprint density at radius 2 is 1.82 bits per heavy atom. The van der Waals surface area contributed by atoms with E-state index in [9.17, 15) is 9.90 Å². The number of nitrogens with zero attached hydrogens (tertiary/aromatic N) is 1. The second-order valence-corrected chi connectivity index (χ2v) is 9.40. The van der Waals surface area contributed by atoms with Crippen molar-refractivity contribution < 1.29 is 14.6 Å². The van der Waals surface area contributed by atoms with Crippen LogP contribution in [0.5, 0.6) is 5.88 Å². The molecule has 4 aromatic rings. The molecule has 34 heavy (non-hydrogen) atoms. The van der Waals surface area contributed by atoms with Gasteiger partial charge in [-0.05, 0) is 50.6 Å². The first-order valence-electron chi connectivity index (χ1n) is 10.9. The van der Waals surface area contributed by atoms with Crippen molar-refractivity contribution in [3.05, 3.63) is 93.5 Å². The summed E-state index contributed by atoms with van der Waals surface area (Å²) in [6.45, 7) is 5.94. The van der Waals surface area contributed by atoms with Crippen LogP contribution in [0.4, 0.5) is 5.69 Å². The lowest BCUT2D eigenvalue weighted by Crippen LogP contribution is -2.28. The molecule has 0 aliphatic rings. The van der Waals surface area contributed by atoms with E-state index in [2.05, 4.69) is 20.9 Å². The van der Waals surface area contributed by atoms with E-state index in [1.54, 1.807) is 25.1 Å². The third kappa shape index (κ3) is 4.76. The Hall–Kier alpha value is -3.42. The molecule has 0 amide bonds. The SMILES string of the molecule is CCOC(=O)c1ccc2c(C(=Nc3ccc(C(C)(C)N)c(Br)c3)c3ccccc3)c(O)[nH]c2c1. The summed E-state index contributed by atoms with van der Waals surface area (Å²) in [6.07, 6.45) is 0. The van der Waals surface area contributed by atoms with E-state index in [0.717, 1.165) is 21.0 Å². The van der Waals surface area contributed by atoms with E-state index in [-0.39, 0.29) is 5.88 Å². The third-order valence-corrected chi connectivity index (χ3v) is 6.12. The Morgan fingerprint density at radius 3 is 2.47 bits per heavy atom. The molecule has 6 nitrogen and oxygen atoms in total. The number of carbonyl (C=O) groups is 1. The number of aromatic hydroxyl groups is 1. The van der Waals surface area contributed by atoms with Crippen LogP contribution in [0.25, 0.3) is 10.9 Å². The van der Waals surface area contributed by atoms with Crippen molar-refractivity contribution in [2.45, 2.75) is 26.3 Å². The van der Waals surface area contributed by atoms with Gasteiger partial charge in [-0.3, -0.25) is 0 Å². The van der Waals surface area contributed by atoms with Crippen molar-refractivity contribution >= 4 is 44.2 Å². The van der Waals surface area contributed by atoms with Crippen LogP contribution in [0.1, 0.15) is 47.8 Å². The fourth-order valence-electron chi connectivity index (χ4n) is 3.85. The lowest BCUT2D eigenvalue weighted by Gasteiger charge is -2.21. The van der Waals surface area contributed by atoms with Crippen LogP contribution in [0.3, 0.4) is 0 Å². The van der Waals surface area contributed by atoms with Crippen LogP contribution in [0.2, 0.25) is 0 Å².